The number of alkyl halides is 3. The van der Waals surface area contributed by atoms with Gasteiger partial charge in [-0.25, -0.2) is 4.68 Å². The Labute approximate surface area is 169 Å². The molecule has 2 aromatic carbocycles. The number of aryl methyl sites for hydroxylation is 1. The number of benzene rings is 2. The molecule has 3 rings (SSSR count). The van der Waals surface area contributed by atoms with Crippen molar-refractivity contribution in [3.05, 3.63) is 87.3 Å². The molecule has 30 heavy (non-hydrogen) atoms. The second-order valence-corrected chi connectivity index (χ2v) is 6.46. The van der Waals surface area contributed by atoms with E-state index in [1.165, 1.54) is 32.2 Å². The van der Waals surface area contributed by atoms with Crippen LogP contribution >= 0.6 is 0 Å². The van der Waals surface area contributed by atoms with Gasteiger partial charge in [0.25, 0.3) is 5.91 Å². The van der Waals surface area contributed by atoms with Crippen LogP contribution in [-0.4, -0.2) is 22.8 Å². The van der Waals surface area contributed by atoms with Crippen molar-refractivity contribution >= 4 is 5.91 Å². The summed E-state index contributed by atoms with van der Waals surface area (Å²) >= 11 is 0. The van der Waals surface area contributed by atoms with E-state index in [0.29, 0.717) is 5.75 Å². The van der Waals surface area contributed by atoms with E-state index in [1.807, 2.05) is 0 Å². The number of methoxy groups -OCH3 is 1. The third-order valence-electron chi connectivity index (χ3n) is 4.37. The summed E-state index contributed by atoms with van der Waals surface area (Å²) in [6.07, 6.45) is -4.62. The van der Waals surface area contributed by atoms with Crippen LogP contribution in [0, 0.1) is 6.92 Å². The molecule has 9 heteroatoms. The molecule has 0 fully saturated rings. The van der Waals surface area contributed by atoms with Gasteiger partial charge >= 0.3 is 6.18 Å². The third-order valence-corrected chi connectivity index (χ3v) is 4.37. The van der Waals surface area contributed by atoms with Crippen molar-refractivity contribution < 1.29 is 22.7 Å². The van der Waals surface area contributed by atoms with Crippen molar-refractivity contribution in [3.8, 4) is 11.4 Å². The normalized spacial score (nSPS) is 11.2. The predicted octanol–water partition coefficient (Wildman–Crippen LogP) is 3.50. The summed E-state index contributed by atoms with van der Waals surface area (Å²) in [5.41, 5.74) is -1.45. The summed E-state index contributed by atoms with van der Waals surface area (Å²) in [5, 5.41) is 6.49. The molecule has 0 aliphatic carbocycles. The largest absolute Gasteiger partial charge is 0.497 e. The van der Waals surface area contributed by atoms with Crippen LogP contribution < -0.4 is 15.5 Å². The van der Waals surface area contributed by atoms with Crippen LogP contribution in [0.5, 0.6) is 5.75 Å². The van der Waals surface area contributed by atoms with Gasteiger partial charge < -0.3 is 10.1 Å². The van der Waals surface area contributed by atoms with Crippen molar-refractivity contribution in [2.45, 2.75) is 19.6 Å². The van der Waals surface area contributed by atoms with Crippen LogP contribution in [0.2, 0.25) is 0 Å². The number of hydrogen-bond acceptors (Lipinski definition) is 4. The molecule has 1 amide bonds. The molecule has 0 unspecified atom stereocenters. The fraction of sp³-hybridized carbons (Fsp3) is 0.190. The highest BCUT2D eigenvalue weighted by atomic mass is 19.4. The molecule has 0 aliphatic rings. The number of carbonyl (C=O) groups is 1. The van der Waals surface area contributed by atoms with Crippen molar-refractivity contribution in [1.29, 1.82) is 0 Å². The Morgan fingerprint density at radius 1 is 1.13 bits per heavy atom. The number of para-hydroxylation sites is 1. The summed E-state index contributed by atoms with van der Waals surface area (Å²) in [6.45, 7) is 1.55. The fourth-order valence-electron chi connectivity index (χ4n) is 2.86. The minimum absolute atomic E-state index is 0.108. The van der Waals surface area contributed by atoms with Crippen molar-refractivity contribution in [2.75, 3.05) is 7.11 Å². The zero-order chi connectivity index (χ0) is 21.9. The highest BCUT2D eigenvalue weighted by Crippen LogP contribution is 2.33. The number of rotatable bonds is 5. The Kier molecular flexibility index (Phi) is 5.91. The van der Waals surface area contributed by atoms with Crippen molar-refractivity contribution in [2.24, 2.45) is 0 Å². The van der Waals surface area contributed by atoms with Crippen LogP contribution in [0.4, 0.5) is 13.2 Å². The van der Waals surface area contributed by atoms with Gasteiger partial charge in [-0.05, 0) is 36.8 Å². The van der Waals surface area contributed by atoms with Crippen LogP contribution in [0.15, 0.2) is 59.4 Å². The average molecular weight is 417 g/mol. The van der Waals surface area contributed by atoms with Crippen LogP contribution in [0.1, 0.15) is 27.3 Å². The number of aromatic nitrogens is 2. The van der Waals surface area contributed by atoms with E-state index in [-0.39, 0.29) is 17.9 Å². The van der Waals surface area contributed by atoms with Gasteiger partial charge in [-0.3, -0.25) is 9.59 Å². The fourth-order valence-corrected chi connectivity index (χ4v) is 2.86. The molecule has 6 nitrogen and oxygen atoms in total. The Hall–Kier alpha value is -3.62. The maximum atomic E-state index is 13.4. The Morgan fingerprint density at radius 2 is 1.80 bits per heavy atom. The zero-order valence-corrected chi connectivity index (χ0v) is 16.2. The first kappa shape index (κ1) is 21.1. The Morgan fingerprint density at radius 3 is 2.43 bits per heavy atom. The van der Waals surface area contributed by atoms with E-state index in [1.54, 1.807) is 24.3 Å². The molecule has 0 radical (unpaired) electrons. The number of nitrogens with zero attached hydrogens (tertiary/aromatic N) is 2. The number of halogens is 3. The first-order chi connectivity index (χ1) is 14.2. The van der Waals surface area contributed by atoms with Gasteiger partial charge in [-0.2, -0.15) is 18.3 Å². The van der Waals surface area contributed by atoms with Gasteiger partial charge in [-0.15, -0.1) is 0 Å². The summed E-state index contributed by atoms with van der Waals surface area (Å²) in [5.74, 6) is -0.134. The van der Waals surface area contributed by atoms with Gasteiger partial charge in [0.05, 0.1) is 18.4 Å². The first-order valence-corrected chi connectivity index (χ1v) is 8.89. The minimum atomic E-state index is -4.62. The molecule has 0 spiro atoms. The minimum Gasteiger partial charge on any atom is -0.497 e. The van der Waals surface area contributed by atoms with Gasteiger partial charge in [0.15, 0.2) is 5.69 Å². The molecule has 1 aromatic heterocycles. The molecular formula is C21H18F3N3O3. The SMILES string of the molecule is COc1ccc(CNC(=O)c2nn(-c3ccccc3C(F)(F)F)c(C)cc2=O)cc1. The van der Waals surface area contributed by atoms with E-state index in [4.69, 9.17) is 4.74 Å². The topological polar surface area (TPSA) is 73.2 Å². The third kappa shape index (κ3) is 4.51. The lowest BCUT2D eigenvalue weighted by atomic mass is 10.1. The van der Waals surface area contributed by atoms with Gasteiger partial charge in [-0.1, -0.05) is 24.3 Å². The standard InChI is InChI=1S/C21H18F3N3O3/c1-13-11-18(28)19(20(29)25-12-14-7-9-15(30-2)10-8-14)26-27(13)17-6-4-3-5-16(17)21(22,23)24/h3-11H,12H2,1-2H3,(H,25,29). The number of ether oxygens (including phenoxy) is 1. The maximum Gasteiger partial charge on any atom is 0.418 e. The monoisotopic (exact) mass is 417 g/mol. The van der Waals surface area contributed by atoms with Crippen LogP contribution in [0.25, 0.3) is 5.69 Å². The summed E-state index contributed by atoms with van der Waals surface area (Å²) in [7, 11) is 1.53. The molecule has 0 saturated carbocycles. The molecule has 0 bridgehead atoms. The summed E-state index contributed by atoms with van der Waals surface area (Å²) in [6, 6.07) is 12.8. The molecule has 1 heterocycles. The van der Waals surface area contributed by atoms with Gasteiger partial charge in [0, 0.05) is 18.3 Å². The second-order valence-electron chi connectivity index (χ2n) is 6.46. The lowest BCUT2D eigenvalue weighted by molar-refractivity contribution is -0.137. The highest BCUT2D eigenvalue weighted by Gasteiger charge is 2.34. The first-order valence-electron chi connectivity index (χ1n) is 8.89. The Balaban J connectivity index is 1.92. The lowest BCUT2D eigenvalue weighted by Crippen LogP contribution is -2.32. The lowest BCUT2D eigenvalue weighted by Gasteiger charge is -2.16. The van der Waals surface area contributed by atoms with E-state index in [9.17, 15) is 22.8 Å². The summed E-state index contributed by atoms with van der Waals surface area (Å²) < 4.78 is 46.1. The quantitative estimate of drug-likeness (QED) is 0.690. The number of hydrogen-bond donors (Lipinski definition) is 1. The van der Waals surface area contributed by atoms with E-state index < -0.39 is 28.8 Å². The smallest absolute Gasteiger partial charge is 0.418 e. The van der Waals surface area contributed by atoms with Gasteiger partial charge in [0.2, 0.25) is 5.43 Å². The Bertz CT molecular complexity index is 1120. The molecular weight excluding hydrogens is 399 g/mol. The molecule has 0 saturated heterocycles. The van der Waals surface area contributed by atoms with E-state index in [0.717, 1.165) is 22.4 Å². The predicted molar refractivity (Wildman–Crippen MR) is 104 cm³/mol. The zero-order valence-electron chi connectivity index (χ0n) is 16.2. The van der Waals surface area contributed by atoms with Crippen molar-refractivity contribution in [1.82, 2.24) is 15.1 Å². The molecule has 3 aromatic rings. The van der Waals surface area contributed by atoms with Gasteiger partial charge in [0.1, 0.15) is 5.75 Å². The second kappa shape index (κ2) is 8.40. The van der Waals surface area contributed by atoms with E-state index >= 15 is 0 Å². The highest BCUT2D eigenvalue weighted by molar-refractivity contribution is 5.92. The number of carbonyl (C=O) groups excluding carboxylic acids is 1. The molecule has 0 aliphatic heterocycles. The molecule has 0 atom stereocenters. The average Bonchev–Trinajstić information content (AvgIpc) is 2.72. The summed E-state index contributed by atoms with van der Waals surface area (Å²) in [4.78, 5) is 24.8. The van der Waals surface area contributed by atoms with Crippen LogP contribution in [0.3, 0.4) is 0 Å². The number of nitrogens with one attached hydrogen (secondary N) is 1. The molecule has 1 N–H and O–H groups in total. The molecule has 156 valence electrons. The number of amides is 1. The van der Waals surface area contributed by atoms with Crippen LogP contribution in [-0.2, 0) is 12.7 Å². The van der Waals surface area contributed by atoms with Crippen molar-refractivity contribution in [3.63, 3.8) is 0 Å². The maximum absolute atomic E-state index is 13.4. The van der Waals surface area contributed by atoms with E-state index in [2.05, 4.69) is 10.4 Å².